The van der Waals surface area contributed by atoms with Crippen LogP contribution in [0.2, 0.25) is 0 Å². The summed E-state index contributed by atoms with van der Waals surface area (Å²) in [6.45, 7) is 1.42. The lowest BCUT2D eigenvalue weighted by molar-refractivity contribution is -0.120. The van der Waals surface area contributed by atoms with Gasteiger partial charge in [0.2, 0.25) is 24.1 Å². The lowest BCUT2D eigenvalue weighted by atomic mass is 10.0. The molecule has 0 aliphatic rings. The third-order valence-corrected chi connectivity index (χ3v) is 4.04. The summed E-state index contributed by atoms with van der Waals surface area (Å²) in [5, 5.41) is 13.1. The van der Waals surface area contributed by atoms with Crippen molar-refractivity contribution in [1.82, 2.24) is 15.5 Å². The van der Waals surface area contributed by atoms with E-state index in [4.69, 9.17) is 9.15 Å². The molecule has 2 amide bonds. The van der Waals surface area contributed by atoms with E-state index in [0.29, 0.717) is 22.9 Å². The number of amides is 2. The van der Waals surface area contributed by atoms with Gasteiger partial charge in [-0.15, -0.1) is 10.2 Å². The molecule has 0 fully saturated rings. The van der Waals surface area contributed by atoms with Gasteiger partial charge in [0, 0.05) is 18.2 Å². The molecule has 0 saturated heterocycles. The van der Waals surface area contributed by atoms with E-state index in [0.717, 1.165) is 5.56 Å². The minimum atomic E-state index is -0.456. The van der Waals surface area contributed by atoms with Gasteiger partial charge < -0.3 is 19.8 Å². The van der Waals surface area contributed by atoms with E-state index >= 15 is 0 Å². The van der Waals surface area contributed by atoms with E-state index in [1.165, 1.54) is 13.3 Å². The van der Waals surface area contributed by atoms with Crippen LogP contribution in [0.5, 0.6) is 5.75 Å². The molecule has 3 aromatic rings. The number of ether oxygens (including phenoxy) is 1. The Balaban J connectivity index is 1.71. The van der Waals surface area contributed by atoms with Crippen molar-refractivity contribution in [2.24, 2.45) is 0 Å². The first kappa shape index (κ1) is 19.1. The third-order valence-electron chi connectivity index (χ3n) is 4.04. The summed E-state index contributed by atoms with van der Waals surface area (Å²) in [6, 6.07) is 13.9. The molecule has 28 heavy (non-hydrogen) atoms. The number of benzene rings is 2. The van der Waals surface area contributed by atoms with Gasteiger partial charge in [-0.05, 0) is 35.9 Å². The Kier molecular flexibility index (Phi) is 6.01. The minimum Gasteiger partial charge on any atom is -0.497 e. The van der Waals surface area contributed by atoms with Crippen molar-refractivity contribution < 1.29 is 18.7 Å². The monoisotopic (exact) mass is 380 g/mol. The second kappa shape index (κ2) is 8.81. The normalized spacial score (nSPS) is 11.5. The molecule has 0 radical (unpaired) electrons. The highest BCUT2D eigenvalue weighted by Gasteiger charge is 2.18. The number of carbonyl (C=O) groups excluding carboxylic acids is 2. The van der Waals surface area contributed by atoms with Crippen LogP contribution < -0.4 is 15.4 Å². The predicted molar refractivity (Wildman–Crippen MR) is 103 cm³/mol. The second-order valence-corrected chi connectivity index (χ2v) is 6.10. The largest absolute Gasteiger partial charge is 0.497 e. The maximum Gasteiger partial charge on any atom is 0.247 e. The molecule has 3 rings (SSSR count). The molecule has 0 aliphatic carbocycles. The van der Waals surface area contributed by atoms with E-state index in [1.54, 1.807) is 43.5 Å². The first-order chi connectivity index (χ1) is 13.5. The van der Waals surface area contributed by atoms with Crippen molar-refractivity contribution in [3.8, 4) is 17.2 Å². The number of methoxy groups -OCH3 is 1. The standard InChI is InChI=1S/C20H20N4O4/c1-13(25)22-18(14-6-8-17(27-2)9-7-14)11-19(26)23-16-5-3-4-15(10-16)20-24-21-12-28-20/h3-10,12,18H,11H2,1-2H3,(H,22,25)(H,23,26). The quantitative estimate of drug-likeness (QED) is 0.653. The molecule has 2 aromatic carbocycles. The van der Waals surface area contributed by atoms with E-state index in [1.807, 2.05) is 12.1 Å². The maximum absolute atomic E-state index is 12.6. The lowest BCUT2D eigenvalue weighted by Crippen LogP contribution is -2.29. The fourth-order valence-electron chi connectivity index (χ4n) is 2.76. The van der Waals surface area contributed by atoms with Crippen LogP contribution >= 0.6 is 0 Å². The number of aromatic nitrogens is 2. The van der Waals surface area contributed by atoms with Crippen LogP contribution in [0.1, 0.15) is 24.9 Å². The van der Waals surface area contributed by atoms with Gasteiger partial charge in [-0.1, -0.05) is 18.2 Å². The van der Waals surface area contributed by atoms with Crippen LogP contribution in [0.4, 0.5) is 5.69 Å². The molecule has 0 aliphatic heterocycles. The van der Waals surface area contributed by atoms with E-state index in [2.05, 4.69) is 20.8 Å². The zero-order chi connectivity index (χ0) is 19.9. The first-order valence-corrected chi connectivity index (χ1v) is 8.62. The van der Waals surface area contributed by atoms with Gasteiger partial charge in [0.15, 0.2) is 0 Å². The summed E-state index contributed by atoms with van der Waals surface area (Å²) in [6.07, 6.45) is 1.32. The van der Waals surface area contributed by atoms with Gasteiger partial charge >= 0.3 is 0 Å². The summed E-state index contributed by atoms with van der Waals surface area (Å²) in [7, 11) is 1.58. The number of hydrogen-bond acceptors (Lipinski definition) is 6. The minimum absolute atomic E-state index is 0.0801. The van der Waals surface area contributed by atoms with E-state index < -0.39 is 6.04 Å². The predicted octanol–water partition coefficient (Wildman–Crippen LogP) is 2.95. The molecule has 8 nitrogen and oxygen atoms in total. The Morgan fingerprint density at radius 2 is 1.96 bits per heavy atom. The Morgan fingerprint density at radius 3 is 2.61 bits per heavy atom. The first-order valence-electron chi connectivity index (χ1n) is 8.62. The zero-order valence-electron chi connectivity index (χ0n) is 15.5. The SMILES string of the molecule is COc1ccc(C(CC(=O)Nc2cccc(-c3nnco3)c2)NC(C)=O)cc1. The van der Waals surface area contributed by atoms with Crippen molar-refractivity contribution in [1.29, 1.82) is 0 Å². The highest BCUT2D eigenvalue weighted by molar-refractivity contribution is 5.92. The molecule has 144 valence electrons. The van der Waals surface area contributed by atoms with Gasteiger partial charge in [-0.25, -0.2) is 0 Å². The highest BCUT2D eigenvalue weighted by Crippen LogP contribution is 2.23. The molecule has 8 heteroatoms. The summed E-state index contributed by atoms with van der Waals surface area (Å²) in [4.78, 5) is 24.1. The molecular formula is C20H20N4O4. The molecule has 1 unspecified atom stereocenters. The second-order valence-electron chi connectivity index (χ2n) is 6.10. The molecule has 0 bridgehead atoms. The van der Waals surface area contributed by atoms with Crippen molar-refractivity contribution >= 4 is 17.5 Å². The highest BCUT2D eigenvalue weighted by atomic mass is 16.5. The number of carbonyl (C=O) groups is 2. The average molecular weight is 380 g/mol. The molecule has 1 aromatic heterocycles. The number of nitrogens with zero attached hydrogens (tertiary/aromatic N) is 2. The lowest BCUT2D eigenvalue weighted by Gasteiger charge is -2.18. The average Bonchev–Trinajstić information content (AvgIpc) is 3.22. The van der Waals surface area contributed by atoms with E-state index in [9.17, 15) is 9.59 Å². The Hall–Kier alpha value is -3.68. The van der Waals surface area contributed by atoms with Crippen LogP contribution in [0.3, 0.4) is 0 Å². The van der Waals surface area contributed by atoms with Crippen molar-refractivity contribution in [2.45, 2.75) is 19.4 Å². The van der Waals surface area contributed by atoms with Crippen LogP contribution in [-0.2, 0) is 9.59 Å². The molecule has 1 atom stereocenters. The summed E-state index contributed by atoms with van der Waals surface area (Å²) >= 11 is 0. The van der Waals surface area contributed by atoms with Crippen LogP contribution in [0.25, 0.3) is 11.5 Å². The van der Waals surface area contributed by atoms with Crippen molar-refractivity contribution in [3.05, 3.63) is 60.5 Å². The Morgan fingerprint density at radius 1 is 1.18 bits per heavy atom. The molecular weight excluding hydrogens is 360 g/mol. The smallest absolute Gasteiger partial charge is 0.247 e. The summed E-state index contributed by atoms with van der Waals surface area (Å²) in [5.74, 6) is 0.613. The molecule has 2 N–H and O–H groups in total. The Labute approximate surface area is 161 Å². The van der Waals surface area contributed by atoms with Crippen molar-refractivity contribution in [2.75, 3.05) is 12.4 Å². The number of anilines is 1. The van der Waals surface area contributed by atoms with Crippen LogP contribution in [0, 0.1) is 0 Å². The van der Waals surface area contributed by atoms with Crippen molar-refractivity contribution in [3.63, 3.8) is 0 Å². The van der Waals surface area contributed by atoms with Gasteiger partial charge in [-0.2, -0.15) is 0 Å². The van der Waals surface area contributed by atoms with Gasteiger partial charge in [0.05, 0.1) is 19.6 Å². The number of hydrogen-bond donors (Lipinski definition) is 2. The van der Waals surface area contributed by atoms with Crippen LogP contribution in [0.15, 0.2) is 59.3 Å². The van der Waals surface area contributed by atoms with E-state index in [-0.39, 0.29) is 18.2 Å². The fraction of sp³-hybridized carbons (Fsp3) is 0.200. The fourth-order valence-corrected chi connectivity index (χ4v) is 2.76. The van der Waals surface area contributed by atoms with Gasteiger partial charge in [-0.3, -0.25) is 9.59 Å². The summed E-state index contributed by atoms with van der Waals surface area (Å²) < 4.78 is 10.3. The topological polar surface area (TPSA) is 106 Å². The number of nitrogens with one attached hydrogen (secondary N) is 2. The van der Waals surface area contributed by atoms with Crippen LogP contribution in [-0.4, -0.2) is 29.1 Å². The molecule has 0 saturated carbocycles. The van der Waals surface area contributed by atoms with Gasteiger partial charge in [0.25, 0.3) is 0 Å². The third kappa shape index (κ3) is 4.94. The molecule has 1 heterocycles. The number of rotatable bonds is 7. The molecule has 0 spiro atoms. The maximum atomic E-state index is 12.6. The Bertz CT molecular complexity index is 939. The zero-order valence-corrected chi connectivity index (χ0v) is 15.5. The van der Waals surface area contributed by atoms with Gasteiger partial charge in [0.1, 0.15) is 5.75 Å². The summed E-state index contributed by atoms with van der Waals surface area (Å²) in [5.41, 5.74) is 2.10.